The van der Waals surface area contributed by atoms with Crippen LogP contribution in [-0.2, 0) is 9.59 Å². The number of carbonyl (C=O) groups excluding carboxylic acids is 2. The van der Waals surface area contributed by atoms with Crippen molar-refractivity contribution in [2.75, 3.05) is 28.4 Å². The third-order valence-corrected chi connectivity index (χ3v) is 6.17. The topological polar surface area (TPSA) is 71.1 Å². The lowest BCUT2D eigenvalue weighted by Crippen LogP contribution is -2.25. The Bertz CT molecular complexity index is 985. The number of allylic oxidation sites excluding steroid dienone is 2. The minimum absolute atomic E-state index is 0.0520. The molecule has 0 amide bonds. The SMILES string of the molecule is COc1ccc(/C=C/C(=O)C2CCCC(C(=O)/C=C/c3ccc(OC)c(OC)c3)C2)cc1OC. The number of methoxy groups -OCH3 is 4. The number of carbonyl (C=O) groups is 2. The second kappa shape index (κ2) is 12.1. The van der Waals surface area contributed by atoms with Crippen molar-refractivity contribution in [2.24, 2.45) is 11.8 Å². The molecule has 0 aromatic heterocycles. The molecule has 1 aliphatic carbocycles. The molecule has 3 rings (SSSR count). The Kier molecular flexibility index (Phi) is 8.91. The summed E-state index contributed by atoms with van der Waals surface area (Å²) < 4.78 is 21.1. The zero-order valence-corrected chi connectivity index (χ0v) is 20.2. The first-order chi connectivity index (χ1) is 16.5. The van der Waals surface area contributed by atoms with Gasteiger partial charge in [-0.2, -0.15) is 0 Å². The maximum absolute atomic E-state index is 12.8. The van der Waals surface area contributed by atoms with Crippen molar-refractivity contribution < 1.29 is 28.5 Å². The highest BCUT2D eigenvalue weighted by Crippen LogP contribution is 2.32. The summed E-state index contributed by atoms with van der Waals surface area (Å²) in [6.45, 7) is 0. The Labute approximate surface area is 201 Å². The highest BCUT2D eigenvalue weighted by atomic mass is 16.5. The molecular weight excluding hydrogens is 432 g/mol. The summed E-state index contributed by atoms with van der Waals surface area (Å²) in [4.78, 5) is 25.7. The predicted molar refractivity (Wildman–Crippen MR) is 133 cm³/mol. The van der Waals surface area contributed by atoms with Crippen LogP contribution in [0.5, 0.6) is 23.0 Å². The summed E-state index contributed by atoms with van der Waals surface area (Å²) in [6, 6.07) is 11.0. The quantitative estimate of drug-likeness (QED) is 0.439. The van der Waals surface area contributed by atoms with Crippen molar-refractivity contribution in [1.29, 1.82) is 0 Å². The van der Waals surface area contributed by atoms with Crippen molar-refractivity contribution in [3.05, 3.63) is 59.7 Å². The molecule has 180 valence electrons. The second-order valence-corrected chi connectivity index (χ2v) is 8.26. The average molecular weight is 465 g/mol. The smallest absolute Gasteiger partial charge is 0.161 e. The lowest BCUT2D eigenvalue weighted by molar-refractivity contribution is -0.122. The zero-order valence-electron chi connectivity index (χ0n) is 20.2. The van der Waals surface area contributed by atoms with Gasteiger partial charge >= 0.3 is 0 Å². The fourth-order valence-electron chi connectivity index (χ4n) is 4.25. The molecule has 2 aromatic rings. The third kappa shape index (κ3) is 6.28. The first kappa shape index (κ1) is 25.1. The van der Waals surface area contributed by atoms with E-state index in [0.717, 1.165) is 30.4 Å². The Balaban J connectivity index is 1.62. The number of ketones is 2. The van der Waals surface area contributed by atoms with Crippen LogP contribution in [0.4, 0.5) is 0 Å². The number of benzene rings is 2. The molecule has 1 saturated carbocycles. The van der Waals surface area contributed by atoms with Gasteiger partial charge < -0.3 is 18.9 Å². The molecule has 1 fully saturated rings. The molecule has 0 heterocycles. The minimum atomic E-state index is -0.145. The van der Waals surface area contributed by atoms with Crippen molar-refractivity contribution >= 4 is 23.7 Å². The number of ether oxygens (including phenoxy) is 4. The van der Waals surface area contributed by atoms with Crippen LogP contribution in [0, 0.1) is 11.8 Å². The fourth-order valence-corrected chi connectivity index (χ4v) is 4.25. The lowest BCUT2D eigenvalue weighted by atomic mass is 9.77. The van der Waals surface area contributed by atoms with E-state index in [-0.39, 0.29) is 23.4 Å². The van der Waals surface area contributed by atoms with E-state index in [9.17, 15) is 9.59 Å². The fraction of sp³-hybridized carbons (Fsp3) is 0.357. The second-order valence-electron chi connectivity index (χ2n) is 8.26. The highest BCUT2D eigenvalue weighted by Gasteiger charge is 2.29. The van der Waals surface area contributed by atoms with Crippen LogP contribution in [0.25, 0.3) is 12.2 Å². The molecule has 0 bridgehead atoms. The van der Waals surface area contributed by atoms with Gasteiger partial charge in [-0.25, -0.2) is 0 Å². The summed E-state index contributed by atoms with van der Waals surface area (Å²) >= 11 is 0. The summed E-state index contributed by atoms with van der Waals surface area (Å²) in [6.07, 6.45) is 9.83. The van der Waals surface area contributed by atoms with E-state index >= 15 is 0 Å². The Hall–Kier alpha value is -3.54. The van der Waals surface area contributed by atoms with E-state index in [1.54, 1.807) is 52.7 Å². The van der Waals surface area contributed by atoms with Crippen LogP contribution in [-0.4, -0.2) is 40.0 Å². The Morgan fingerprint density at radius 1 is 0.676 bits per heavy atom. The first-order valence-corrected chi connectivity index (χ1v) is 11.4. The molecule has 0 spiro atoms. The Morgan fingerprint density at radius 2 is 1.09 bits per heavy atom. The minimum Gasteiger partial charge on any atom is -0.493 e. The molecule has 0 radical (unpaired) electrons. The molecule has 2 aromatic carbocycles. The summed E-state index contributed by atoms with van der Waals surface area (Å²) in [5.74, 6) is 2.32. The molecule has 2 unspecified atom stereocenters. The van der Waals surface area contributed by atoms with Gasteiger partial charge in [-0.1, -0.05) is 30.7 Å². The van der Waals surface area contributed by atoms with Gasteiger partial charge in [-0.15, -0.1) is 0 Å². The van der Waals surface area contributed by atoms with Crippen LogP contribution < -0.4 is 18.9 Å². The van der Waals surface area contributed by atoms with Gasteiger partial charge in [0, 0.05) is 11.8 Å². The van der Waals surface area contributed by atoms with Crippen LogP contribution in [0.3, 0.4) is 0 Å². The van der Waals surface area contributed by atoms with Gasteiger partial charge in [-0.05, 0) is 66.8 Å². The maximum Gasteiger partial charge on any atom is 0.161 e. The molecule has 1 aliphatic rings. The molecule has 0 saturated heterocycles. The summed E-state index contributed by atoms with van der Waals surface area (Å²) in [7, 11) is 6.33. The van der Waals surface area contributed by atoms with Crippen molar-refractivity contribution in [3.8, 4) is 23.0 Å². The molecule has 0 aliphatic heterocycles. The van der Waals surface area contributed by atoms with Crippen molar-refractivity contribution in [2.45, 2.75) is 25.7 Å². The average Bonchev–Trinajstić information content (AvgIpc) is 2.89. The molecule has 6 nitrogen and oxygen atoms in total. The molecule has 0 N–H and O–H groups in total. The van der Waals surface area contributed by atoms with Crippen LogP contribution in [0.15, 0.2) is 48.6 Å². The van der Waals surface area contributed by atoms with E-state index in [2.05, 4.69) is 0 Å². The molecule has 6 heteroatoms. The van der Waals surface area contributed by atoms with Gasteiger partial charge in [0.15, 0.2) is 34.6 Å². The number of hydrogen-bond donors (Lipinski definition) is 0. The van der Waals surface area contributed by atoms with Crippen LogP contribution >= 0.6 is 0 Å². The van der Waals surface area contributed by atoms with Gasteiger partial charge in [0.25, 0.3) is 0 Å². The lowest BCUT2D eigenvalue weighted by Gasteiger charge is -2.25. The third-order valence-electron chi connectivity index (χ3n) is 6.17. The van der Waals surface area contributed by atoms with E-state index in [1.165, 1.54) is 0 Å². The van der Waals surface area contributed by atoms with Gasteiger partial charge in [0.2, 0.25) is 0 Å². The predicted octanol–water partition coefficient (Wildman–Crippen LogP) is 5.39. The largest absolute Gasteiger partial charge is 0.493 e. The Morgan fingerprint density at radius 3 is 1.47 bits per heavy atom. The number of hydrogen-bond acceptors (Lipinski definition) is 6. The van der Waals surface area contributed by atoms with E-state index in [1.807, 2.05) is 36.4 Å². The summed E-state index contributed by atoms with van der Waals surface area (Å²) in [5.41, 5.74) is 1.71. The van der Waals surface area contributed by atoms with Gasteiger partial charge in [0.1, 0.15) is 0 Å². The van der Waals surface area contributed by atoms with Gasteiger partial charge in [-0.3, -0.25) is 9.59 Å². The van der Waals surface area contributed by atoms with E-state index in [4.69, 9.17) is 18.9 Å². The number of rotatable bonds is 10. The van der Waals surface area contributed by atoms with E-state index < -0.39 is 0 Å². The summed E-state index contributed by atoms with van der Waals surface area (Å²) in [5, 5.41) is 0. The molecular formula is C28H32O6. The maximum atomic E-state index is 12.8. The normalized spacial score (nSPS) is 18.1. The standard InChI is InChI=1S/C28H32O6/c1-31-25-14-10-19(16-27(25)33-3)8-12-23(29)21-6-5-7-22(18-21)24(30)13-9-20-11-15-26(32-2)28(17-20)34-4/h8-17,21-22H,5-7,18H2,1-4H3/b12-8+,13-9+. The van der Waals surface area contributed by atoms with E-state index in [0.29, 0.717) is 29.4 Å². The van der Waals surface area contributed by atoms with Gasteiger partial charge in [0.05, 0.1) is 28.4 Å². The van der Waals surface area contributed by atoms with Crippen molar-refractivity contribution in [1.82, 2.24) is 0 Å². The van der Waals surface area contributed by atoms with Crippen molar-refractivity contribution in [3.63, 3.8) is 0 Å². The monoisotopic (exact) mass is 464 g/mol. The molecule has 34 heavy (non-hydrogen) atoms. The first-order valence-electron chi connectivity index (χ1n) is 11.4. The zero-order chi connectivity index (χ0) is 24.5. The molecule has 2 atom stereocenters. The highest BCUT2D eigenvalue weighted by molar-refractivity contribution is 5.98. The van der Waals surface area contributed by atoms with Crippen LogP contribution in [0.2, 0.25) is 0 Å². The van der Waals surface area contributed by atoms with Crippen LogP contribution in [0.1, 0.15) is 36.8 Å².